The van der Waals surface area contributed by atoms with Crippen LogP contribution >= 0.6 is 0 Å². The summed E-state index contributed by atoms with van der Waals surface area (Å²) >= 11 is 0. The minimum atomic E-state index is -3.35. The summed E-state index contributed by atoms with van der Waals surface area (Å²) in [5.74, 6) is 0.418. The van der Waals surface area contributed by atoms with E-state index >= 15 is 0 Å². The maximum Gasteiger partial charge on any atom is 0.277 e. The van der Waals surface area contributed by atoms with Crippen molar-refractivity contribution in [2.75, 3.05) is 19.6 Å². The van der Waals surface area contributed by atoms with Crippen molar-refractivity contribution in [3.8, 4) is 0 Å². The van der Waals surface area contributed by atoms with E-state index in [0.29, 0.717) is 12.5 Å². The summed E-state index contributed by atoms with van der Waals surface area (Å²) in [5.41, 5.74) is -0.431. The van der Waals surface area contributed by atoms with E-state index in [1.807, 2.05) is 20.8 Å². The summed E-state index contributed by atoms with van der Waals surface area (Å²) in [6, 6.07) is 0. The predicted molar refractivity (Wildman–Crippen MR) is 60.8 cm³/mol. The van der Waals surface area contributed by atoms with Gasteiger partial charge in [-0.3, -0.25) is 0 Å². The summed E-state index contributed by atoms with van der Waals surface area (Å²) < 4.78 is 28.3. The number of hydrogen-bond donors (Lipinski definition) is 3. The van der Waals surface area contributed by atoms with Crippen LogP contribution in [0.25, 0.3) is 0 Å². The largest absolute Gasteiger partial charge is 0.316 e. The number of hydrogen-bond acceptors (Lipinski definition) is 3. The van der Waals surface area contributed by atoms with Crippen LogP contribution in [0.5, 0.6) is 0 Å². The maximum absolute atomic E-state index is 11.6. The van der Waals surface area contributed by atoms with Gasteiger partial charge in [-0.1, -0.05) is 0 Å². The zero-order valence-electron chi connectivity index (χ0n) is 9.63. The Morgan fingerprint density at radius 1 is 1.40 bits per heavy atom. The zero-order valence-corrected chi connectivity index (χ0v) is 10.4. The molecule has 3 N–H and O–H groups in total. The molecule has 1 aliphatic rings. The third kappa shape index (κ3) is 5.46. The van der Waals surface area contributed by atoms with Crippen molar-refractivity contribution < 1.29 is 8.42 Å². The van der Waals surface area contributed by atoms with Gasteiger partial charge in [-0.15, -0.1) is 0 Å². The number of nitrogens with one attached hydrogen (secondary N) is 3. The molecule has 90 valence electrons. The van der Waals surface area contributed by atoms with Gasteiger partial charge in [-0.05, 0) is 46.2 Å². The average molecular weight is 235 g/mol. The van der Waals surface area contributed by atoms with Crippen molar-refractivity contribution >= 4 is 10.2 Å². The molecule has 5 nitrogen and oxygen atoms in total. The van der Waals surface area contributed by atoms with Crippen LogP contribution < -0.4 is 14.8 Å². The van der Waals surface area contributed by atoms with Crippen molar-refractivity contribution in [1.82, 2.24) is 14.8 Å². The fourth-order valence-corrected chi connectivity index (χ4v) is 2.89. The first-order valence-electron chi connectivity index (χ1n) is 5.28. The molecule has 1 unspecified atom stereocenters. The molecule has 1 atom stereocenters. The summed E-state index contributed by atoms with van der Waals surface area (Å²) in [6.45, 7) is 7.87. The molecule has 0 aromatic rings. The van der Waals surface area contributed by atoms with Crippen LogP contribution in [-0.2, 0) is 10.2 Å². The van der Waals surface area contributed by atoms with E-state index in [-0.39, 0.29) is 0 Å². The Morgan fingerprint density at radius 3 is 2.53 bits per heavy atom. The SMILES string of the molecule is CC(C)(C)NS(=O)(=O)NCC1CCNC1. The van der Waals surface area contributed by atoms with E-state index in [1.54, 1.807) is 0 Å². The lowest BCUT2D eigenvalue weighted by Crippen LogP contribution is -2.48. The van der Waals surface area contributed by atoms with Crippen molar-refractivity contribution in [2.24, 2.45) is 5.92 Å². The normalized spacial score (nSPS) is 23.3. The quantitative estimate of drug-likeness (QED) is 0.633. The second-order valence-corrected chi connectivity index (χ2v) is 6.56. The molecule has 1 saturated heterocycles. The van der Waals surface area contributed by atoms with E-state index in [1.165, 1.54) is 0 Å². The maximum atomic E-state index is 11.6. The summed E-state index contributed by atoms with van der Waals surface area (Å²) in [4.78, 5) is 0. The van der Waals surface area contributed by atoms with Gasteiger partial charge in [-0.2, -0.15) is 13.1 Å². The third-order valence-corrected chi connectivity index (χ3v) is 3.59. The van der Waals surface area contributed by atoms with Gasteiger partial charge in [0.25, 0.3) is 10.2 Å². The topological polar surface area (TPSA) is 70.2 Å². The first-order chi connectivity index (χ1) is 6.79. The second kappa shape index (κ2) is 4.78. The van der Waals surface area contributed by atoms with Gasteiger partial charge in [0, 0.05) is 12.1 Å². The fourth-order valence-electron chi connectivity index (χ4n) is 1.56. The molecular weight excluding hydrogens is 214 g/mol. The molecule has 0 bridgehead atoms. The van der Waals surface area contributed by atoms with Crippen molar-refractivity contribution in [1.29, 1.82) is 0 Å². The Bertz CT molecular complexity index is 289. The lowest BCUT2D eigenvalue weighted by Gasteiger charge is -2.21. The van der Waals surface area contributed by atoms with Gasteiger partial charge < -0.3 is 5.32 Å². The van der Waals surface area contributed by atoms with Crippen LogP contribution in [0.1, 0.15) is 27.2 Å². The van der Waals surface area contributed by atoms with Gasteiger partial charge in [0.15, 0.2) is 0 Å². The average Bonchev–Trinajstić information content (AvgIpc) is 2.47. The molecule has 0 saturated carbocycles. The summed E-state index contributed by atoms with van der Waals surface area (Å²) in [6.07, 6.45) is 1.04. The molecular formula is C9H21N3O2S. The molecule has 0 aromatic heterocycles. The molecule has 0 aromatic carbocycles. The highest BCUT2D eigenvalue weighted by atomic mass is 32.2. The molecule has 0 amide bonds. The van der Waals surface area contributed by atoms with E-state index in [2.05, 4.69) is 14.8 Å². The van der Waals surface area contributed by atoms with E-state index < -0.39 is 15.7 Å². The van der Waals surface area contributed by atoms with Gasteiger partial charge in [0.05, 0.1) is 0 Å². The van der Waals surface area contributed by atoms with E-state index in [4.69, 9.17) is 0 Å². The lowest BCUT2D eigenvalue weighted by atomic mass is 10.1. The molecule has 0 spiro atoms. The summed E-state index contributed by atoms with van der Waals surface area (Å²) in [5, 5.41) is 3.20. The summed E-state index contributed by atoms with van der Waals surface area (Å²) in [7, 11) is -3.35. The third-order valence-electron chi connectivity index (χ3n) is 2.16. The Morgan fingerprint density at radius 2 is 2.07 bits per heavy atom. The lowest BCUT2D eigenvalue weighted by molar-refractivity contribution is 0.474. The molecule has 15 heavy (non-hydrogen) atoms. The van der Waals surface area contributed by atoms with Crippen molar-refractivity contribution in [3.05, 3.63) is 0 Å². The molecule has 6 heteroatoms. The number of rotatable bonds is 4. The predicted octanol–water partition coefficient (Wildman–Crippen LogP) is -0.182. The van der Waals surface area contributed by atoms with Crippen LogP contribution in [-0.4, -0.2) is 33.6 Å². The minimum absolute atomic E-state index is 0.418. The molecule has 1 fully saturated rings. The Kier molecular flexibility index (Phi) is 4.11. The van der Waals surface area contributed by atoms with Crippen LogP contribution in [0.2, 0.25) is 0 Å². The van der Waals surface area contributed by atoms with Crippen LogP contribution in [0, 0.1) is 5.92 Å². The minimum Gasteiger partial charge on any atom is -0.316 e. The van der Waals surface area contributed by atoms with Crippen molar-refractivity contribution in [2.45, 2.75) is 32.7 Å². The molecule has 1 rings (SSSR count). The van der Waals surface area contributed by atoms with Gasteiger partial charge in [0.2, 0.25) is 0 Å². The van der Waals surface area contributed by atoms with Crippen molar-refractivity contribution in [3.63, 3.8) is 0 Å². The van der Waals surface area contributed by atoms with Gasteiger partial charge in [0.1, 0.15) is 0 Å². The van der Waals surface area contributed by atoms with Crippen LogP contribution in [0.3, 0.4) is 0 Å². The van der Waals surface area contributed by atoms with E-state index in [9.17, 15) is 8.42 Å². The fraction of sp³-hybridized carbons (Fsp3) is 1.00. The standard InChI is InChI=1S/C9H21N3O2S/c1-9(2,3)12-15(13,14)11-7-8-4-5-10-6-8/h8,10-12H,4-7H2,1-3H3. The highest BCUT2D eigenvalue weighted by Crippen LogP contribution is 2.06. The molecule has 1 heterocycles. The van der Waals surface area contributed by atoms with Crippen LogP contribution in [0.4, 0.5) is 0 Å². The van der Waals surface area contributed by atoms with Crippen LogP contribution in [0.15, 0.2) is 0 Å². The van der Waals surface area contributed by atoms with Gasteiger partial charge in [-0.25, -0.2) is 4.72 Å². The van der Waals surface area contributed by atoms with E-state index in [0.717, 1.165) is 19.5 Å². The Balaban J connectivity index is 2.36. The highest BCUT2D eigenvalue weighted by molar-refractivity contribution is 7.87. The van der Waals surface area contributed by atoms with Gasteiger partial charge >= 0.3 is 0 Å². The Labute approximate surface area is 92.2 Å². The smallest absolute Gasteiger partial charge is 0.277 e. The monoisotopic (exact) mass is 235 g/mol. The highest BCUT2D eigenvalue weighted by Gasteiger charge is 2.21. The molecule has 0 aliphatic carbocycles. The molecule has 0 radical (unpaired) electrons. The molecule has 1 aliphatic heterocycles. The second-order valence-electron chi connectivity index (χ2n) is 5.06. The first-order valence-corrected chi connectivity index (χ1v) is 6.76. The Hall–Kier alpha value is -0.170. The zero-order chi connectivity index (χ0) is 11.5. The first kappa shape index (κ1) is 12.9.